The number of hydrogen-bond acceptors (Lipinski definition) is 9. The average Bonchev–Trinajstić information content (AvgIpc) is 3.36. The van der Waals surface area contributed by atoms with Crippen LogP contribution in [0.15, 0.2) is 69.1 Å². The standard InChI is InChI=1S/C24H28N4O6S2/c1-4-27(5-2)36(31,32)20-14-12-18(13-15-20)23-25-26-24(34-23)35-17-21(29)28(16-22(30)33-6-3)19-10-8-7-9-11-19/h7-15H,4-6,16-17H2,1-3H3. The SMILES string of the molecule is CCOC(=O)CN(C(=O)CSc1nnc(-c2ccc(S(=O)(=O)N(CC)CC)cc2)o1)c1ccccc1. The van der Waals surface area contributed by atoms with E-state index < -0.39 is 16.0 Å². The Balaban J connectivity index is 1.68. The molecule has 0 aliphatic rings. The summed E-state index contributed by atoms with van der Waals surface area (Å²) in [4.78, 5) is 26.5. The Morgan fingerprint density at radius 3 is 2.25 bits per heavy atom. The van der Waals surface area contributed by atoms with Crippen LogP contribution in [0.1, 0.15) is 20.8 Å². The predicted molar refractivity (Wildman–Crippen MR) is 136 cm³/mol. The highest BCUT2D eigenvalue weighted by atomic mass is 32.2. The third kappa shape index (κ3) is 6.71. The molecule has 12 heteroatoms. The Kier molecular flexibility index (Phi) is 9.62. The molecule has 0 fully saturated rings. The first-order valence-corrected chi connectivity index (χ1v) is 13.8. The number of nitrogens with zero attached hydrogens (tertiary/aromatic N) is 4. The number of rotatable bonds is 12. The summed E-state index contributed by atoms with van der Waals surface area (Å²) in [6.07, 6.45) is 0. The van der Waals surface area contributed by atoms with Gasteiger partial charge < -0.3 is 14.1 Å². The van der Waals surface area contributed by atoms with Crippen molar-refractivity contribution in [3.05, 3.63) is 54.6 Å². The van der Waals surface area contributed by atoms with Gasteiger partial charge in [-0.15, -0.1) is 10.2 Å². The first kappa shape index (κ1) is 27.4. The normalized spacial score (nSPS) is 11.4. The Morgan fingerprint density at radius 1 is 0.972 bits per heavy atom. The third-order valence-corrected chi connectivity index (χ3v) is 8.00. The highest BCUT2D eigenvalue weighted by Gasteiger charge is 2.23. The van der Waals surface area contributed by atoms with E-state index in [0.29, 0.717) is 24.3 Å². The van der Waals surface area contributed by atoms with Crippen molar-refractivity contribution in [3.63, 3.8) is 0 Å². The maximum atomic E-state index is 12.9. The van der Waals surface area contributed by atoms with E-state index in [-0.39, 0.29) is 40.8 Å². The van der Waals surface area contributed by atoms with E-state index in [0.717, 1.165) is 11.8 Å². The number of carbonyl (C=O) groups is 2. The predicted octanol–water partition coefficient (Wildman–Crippen LogP) is 3.46. The fraction of sp³-hybridized carbons (Fsp3) is 0.333. The summed E-state index contributed by atoms with van der Waals surface area (Å²) >= 11 is 1.04. The molecule has 1 heterocycles. The summed E-state index contributed by atoms with van der Waals surface area (Å²) in [5.41, 5.74) is 1.12. The lowest BCUT2D eigenvalue weighted by atomic mass is 10.2. The molecule has 0 spiro atoms. The molecule has 0 saturated carbocycles. The zero-order valence-corrected chi connectivity index (χ0v) is 21.9. The summed E-state index contributed by atoms with van der Waals surface area (Å²) < 4.78 is 37.4. The van der Waals surface area contributed by atoms with Crippen molar-refractivity contribution in [2.45, 2.75) is 30.9 Å². The minimum atomic E-state index is -3.57. The molecule has 1 amide bonds. The summed E-state index contributed by atoms with van der Waals surface area (Å²) in [5.74, 6) is -0.684. The molecule has 1 aromatic heterocycles. The molecule has 0 radical (unpaired) electrons. The van der Waals surface area contributed by atoms with Crippen molar-refractivity contribution < 1.29 is 27.2 Å². The van der Waals surface area contributed by atoms with Gasteiger partial charge in [-0.05, 0) is 43.3 Å². The quantitative estimate of drug-likeness (QED) is 0.255. The molecule has 3 rings (SSSR count). The molecule has 192 valence electrons. The molecular weight excluding hydrogens is 504 g/mol. The van der Waals surface area contributed by atoms with Crippen molar-refractivity contribution in [2.75, 3.05) is 36.9 Å². The van der Waals surface area contributed by atoms with Crippen LogP contribution in [-0.4, -0.2) is 66.8 Å². The van der Waals surface area contributed by atoms with Gasteiger partial charge in [-0.25, -0.2) is 8.42 Å². The van der Waals surface area contributed by atoms with Crippen LogP contribution < -0.4 is 4.90 Å². The lowest BCUT2D eigenvalue weighted by Gasteiger charge is -2.21. The summed E-state index contributed by atoms with van der Waals surface area (Å²) in [7, 11) is -3.57. The first-order valence-electron chi connectivity index (χ1n) is 11.4. The highest BCUT2D eigenvalue weighted by Crippen LogP contribution is 2.26. The third-order valence-electron chi connectivity index (χ3n) is 5.13. The van der Waals surface area contributed by atoms with Gasteiger partial charge in [-0.3, -0.25) is 9.59 Å². The number of hydrogen-bond donors (Lipinski definition) is 0. The molecule has 2 aromatic carbocycles. The van der Waals surface area contributed by atoms with Crippen molar-refractivity contribution in [1.29, 1.82) is 0 Å². The molecular formula is C24H28N4O6S2. The number of aromatic nitrogens is 2. The lowest BCUT2D eigenvalue weighted by Crippen LogP contribution is -2.37. The van der Waals surface area contributed by atoms with Gasteiger partial charge in [-0.1, -0.05) is 43.8 Å². The van der Waals surface area contributed by atoms with Crippen LogP contribution in [0.2, 0.25) is 0 Å². The van der Waals surface area contributed by atoms with Crippen LogP contribution >= 0.6 is 11.8 Å². The average molecular weight is 533 g/mol. The minimum absolute atomic E-state index is 0.0447. The smallest absolute Gasteiger partial charge is 0.326 e. The first-order chi connectivity index (χ1) is 17.3. The summed E-state index contributed by atoms with van der Waals surface area (Å²) in [5, 5.41) is 8.14. The van der Waals surface area contributed by atoms with Gasteiger partial charge in [0.05, 0.1) is 17.3 Å². The number of thioether (sulfide) groups is 1. The molecule has 0 N–H and O–H groups in total. The van der Waals surface area contributed by atoms with E-state index in [4.69, 9.17) is 9.15 Å². The molecule has 0 bridgehead atoms. The monoisotopic (exact) mass is 532 g/mol. The summed E-state index contributed by atoms with van der Waals surface area (Å²) in [6, 6.07) is 15.0. The molecule has 0 aliphatic carbocycles. The van der Waals surface area contributed by atoms with Gasteiger partial charge in [-0.2, -0.15) is 4.31 Å². The van der Waals surface area contributed by atoms with Gasteiger partial charge >= 0.3 is 5.97 Å². The number of anilines is 1. The van der Waals surface area contributed by atoms with E-state index in [2.05, 4.69) is 10.2 Å². The van der Waals surface area contributed by atoms with Gasteiger partial charge in [0.1, 0.15) is 6.54 Å². The Labute approximate surface area is 214 Å². The van der Waals surface area contributed by atoms with Crippen molar-refractivity contribution in [1.82, 2.24) is 14.5 Å². The maximum absolute atomic E-state index is 12.9. The number of amides is 1. The van der Waals surface area contributed by atoms with E-state index >= 15 is 0 Å². The fourth-order valence-electron chi connectivity index (χ4n) is 3.34. The van der Waals surface area contributed by atoms with Gasteiger partial charge in [0.25, 0.3) is 5.22 Å². The molecule has 10 nitrogen and oxygen atoms in total. The topological polar surface area (TPSA) is 123 Å². The molecule has 0 unspecified atom stereocenters. The number of benzene rings is 2. The van der Waals surface area contributed by atoms with E-state index in [9.17, 15) is 18.0 Å². The molecule has 3 aromatic rings. The Hall–Kier alpha value is -3.22. The van der Waals surface area contributed by atoms with Gasteiger partial charge in [0.15, 0.2) is 0 Å². The number of para-hydroxylation sites is 1. The van der Waals surface area contributed by atoms with Crippen LogP contribution in [-0.2, 0) is 24.3 Å². The largest absolute Gasteiger partial charge is 0.465 e. The summed E-state index contributed by atoms with van der Waals surface area (Å²) in [6.45, 7) is 6.04. The number of sulfonamides is 1. The second-order valence-corrected chi connectivity index (χ2v) is 10.3. The van der Waals surface area contributed by atoms with Gasteiger partial charge in [0, 0.05) is 24.3 Å². The van der Waals surface area contributed by atoms with E-state index in [1.807, 2.05) is 6.07 Å². The second-order valence-electron chi connectivity index (χ2n) is 7.40. The molecule has 36 heavy (non-hydrogen) atoms. The van der Waals surface area contributed by atoms with Crippen molar-refractivity contribution in [3.8, 4) is 11.5 Å². The Morgan fingerprint density at radius 2 is 1.64 bits per heavy atom. The number of carbonyl (C=O) groups excluding carboxylic acids is 2. The zero-order valence-electron chi connectivity index (χ0n) is 20.3. The van der Waals surface area contributed by atoms with Crippen LogP contribution in [0, 0.1) is 0 Å². The van der Waals surface area contributed by atoms with Crippen molar-refractivity contribution in [2.24, 2.45) is 0 Å². The van der Waals surface area contributed by atoms with Crippen LogP contribution in [0.4, 0.5) is 5.69 Å². The molecule has 0 saturated heterocycles. The second kappa shape index (κ2) is 12.7. The number of esters is 1. The maximum Gasteiger partial charge on any atom is 0.326 e. The lowest BCUT2D eigenvalue weighted by molar-refractivity contribution is -0.142. The zero-order chi connectivity index (χ0) is 26.1. The van der Waals surface area contributed by atoms with Crippen molar-refractivity contribution >= 4 is 39.3 Å². The minimum Gasteiger partial charge on any atom is -0.465 e. The van der Waals surface area contributed by atoms with E-state index in [1.54, 1.807) is 57.2 Å². The van der Waals surface area contributed by atoms with Crippen LogP contribution in [0.25, 0.3) is 11.5 Å². The van der Waals surface area contributed by atoms with E-state index in [1.165, 1.54) is 21.3 Å². The molecule has 0 aliphatic heterocycles. The van der Waals surface area contributed by atoms with Crippen LogP contribution in [0.5, 0.6) is 0 Å². The number of ether oxygens (including phenoxy) is 1. The highest BCUT2D eigenvalue weighted by molar-refractivity contribution is 7.99. The molecule has 0 atom stereocenters. The van der Waals surface area contributed by atoms with Gasteiger partial charge in [0.2, 0.25) is 21.8 Å². The Bertz CT molecular complexity index is 1260. The fourth-order valence-corrected chi connectivity index (χ4v) is 5.43. The van der Waals surface area contributed by atoms with Crippen LogP contribution in [0.3, 0.4) is 0 Å².